The van der Waals surface area contributed by atoms with Gasteiger partial charge in [0, 0.05) is 6.54 Å². The molecule has 0 aliphatic heterocycles. The molecule has 46 valence electrons. The van der Waals surface area contributed by atoms with E-state index in [2.05, 4.69) is 11.9 Å². The zero-order valence-corrected chi connectivity index (χ0v) is 4.78. The molecule has 0 aromatic rings. The predicted octanol–water partition coefficient (Wildman–Crippen LogP) is -0.302. The first-order valence-corrected chi connectivity index (χ1v) is 2.42. The van der Waals surface area contributed by atoms with Gasteiger partial charge in [-0.2, -0.15) is 0 Å². The second kappa shape index (κ2) is 4.33. The van der Waals surface area contributed by atoms with Crippen molar-refractivity contribution in [2.45, 2.75) is 0 Å². The average molecular weight is 113 g/mol. The summed E-state index contributed by atoms with van der Waals surface area (Å²) in [4.78, 5) is 0. The summed E-state index contributed by atoms with van der Waals surface area (Å²) < 4.78 is 0. The third kappa shape index (κ3) is 5.17. The summed E-state index contributed by atoms with van der Waals surface area (Å²) in [6.45, 7) is 4.64. The van der Waals surface area contributed by atoms with Crippen LogP contribution in [0.5, 0.6) is 0 Å². The SMILES string of the molecule is C=CCNCC(=N)N. The summed E-state index contributed by atoms with van der Waals surface area (Å²) in [5.41, 5.74) is 5.02. The van der Waals surface area contributed by atoms with Crippen LogP contribution in [0.15, 0.2) is 12.7 Å². The van der Waals surface area contributed by atoms with Gasteiger partial charge in [-0.15, -0.1) is 6.58 Å². The van der Waals surface area contributed by atoms with Gasteiger partial charge in [-0.25, -0.2) is 0 Å². The van der Waals surface area contributed by atoms with E-state index in [1.165, 1.54) is 0 Å². The summed E-state index contributed by atoms with van der Waals surface area (Å²) in [6, 6.07) is 0. The van der Waals surface area contributed by atoms with E-state index in [0.717, 1.165) is 0 Å². The highest BCUT2D eigenvalue weighted by atomic mass is 14.9. The quantitative estimate of drug-likeness (QED) is 0.203. The monoisotopic (exact) mass is 113 g/mol. The highest BCUT2D eigenvalue weighted by Gasteiger charge is 1.82. The predicted molar refractivity (Wildman–Crippen MR) is 35.0 cm³/mol. The van der Waals surface area contributed by atoms with Crippen LogP contribution in [-0.2, 0) is 0 Å². The van der Waals surface area contributed by atoms with Gasteiger partial charge in [-0.3, -0.25) is 5.41 Å². The van der Waals surface area contributed by atoms with Crippen LogP contribution in [0.4, 0.5) is 0 Å². The molecule has 0 radical (unpaired) electrons. The summed E-state index contributed by atoms with van der Waals surface area (Å²) in [6.07, 6.45) is 1.73. The highest BCUT2D eigenvalue weighted by molar-refractivity contribution is 5.78. The molecule has 0 aromatic carbocycles. The molecule has 8 heavy (non-hydrogen) atoms. The van der Waals surface area contributed by atoms with E-state index >= 15 is 0 Å². The Hall–Kier alpha value is -0.830. The molecule has 0 atom stereocenters. The van der Waals surface area contributed by atoms with Gasteiger partial charge in [-0.1, -0.05) is 6.08 Å². The van der Waals surface area contributed by atoms with Crippen LogP contribution in [0.1, 0.15) is 0 Å². The first-order valence-electron chi connectivity index (χ1n) is 2.42. The Labute approximate surface area is 49.1 Å². The van der Waals surface area contributed by atoms with Crippen molar-refractivity contribution < 1.29 is 0 Å². The zero-order chi connectivity index (χ0) is 6.41. The number of hydrogen-bond acceptors (Lipinski definition) is 2. The van der Waals surface area contributed by atoms with E-state index in [1.54, 1.807) is 6.08 Å². The van der Waals surface area contributed by atoms with Crippen molar-refractivity contribution in [3.63, 3.8) is 0 Å². The Morgan fingerprint density at radius 3 is 2.88 bits per heavy atom. The molecule has 0 aliphatic carbocycles. The average Bonchev–Trinajstić information content (AvgIpc) is 1.66. The second-order valence-electron chi connectivity index (χ2n) is 1.44. The molecule has 0 saturated carbocycles. The van der Waals surface area contributed by atoms with Gasteiger partial charge in [0.15, 0.2) is 0 Å². The van der Waals surface area contributed by atoms with Crippen molar-refractivity contribution in [1.29, 1.82) is 5.41 Å². The Kier molecular flexibility index (Phi) is 3.88. The van der Waals surface area contributed by atoms with Crippen LogP contribution in [-0.4, -0.2) is 18.9 Å². The standard InChI is InChI=1S/C5H11N3/c1-2-3-8-4-5(6)7/h2,8H,1,3-4H2,(H3,6,7). The summed E-state index contributed by atoms with van der Waals surface area (Å²) in [7, 11) is 0. The lowest BCUT2D eigenvalue weighted by Gasteiger charge is -1.95. The fourth-order valence-electron chi connectivity index (χ4n) is 0.309. The Morgan fingerprint density at radius 1 is 1.88 bits per heavy atom. The maximum absolute atomic E-state index is 6.75. The number of amidine groups is 1. The molecule has 0 aromatic heterocycles. The van der Waals surface area contributed by atoms with E-state index < -0.39 is 0 Å². The molecule has 0 fully saturated rings. The van der Waals surface area contributed by atoms with Gasteiger partial charge in [-0.05, 0) is 0 Å². The highest BCUT2D eigenvalue weighted by Crippen LogP contribution is 1.58. The summed E-state index contributed by atoms with van der Waals surface area (Å²) in [5.74, 6) is 0.159. The molecule has 4 N–H and O–H groups in total. The van der Waals surface area contributed by atoms with Gasteiger partial charge in [0.2, 0.25) is 0 Å². The molecule has 0 aliphatic rings. The first-order chi connectivity index (χ1) is 3.77. The number of nitrogens with two attached hydrogens (primary N) is 1. The van der Waals surface area contributed by atoms with Gasteiger partial charge >= 0.3 is 0 Å². The van der Waals surface area contributed by atoms with E-state index in [4.69, 9.17) is 11.1 Å². The lowest BCUT2D eigenvalue weighted by atomic mass is 10.5. The fourth-order valence-corrected chi connectivity index (χ4v) is 0.309. The maximum atomic E-state index is 6.75. The van der Waals surface area contributed by atoms with Gasteiger partial charge in [0.05, 0.1) is 6.54 Å². The topological polar surface area (TPSA) is 61.9 Å². The van der Waals surface area contributed by atoms with Crippen LogP contribution in [0.25, 0.3) is 0 Å². The van der Waals surface area contributed by atoms with Crippen molar-refractivity contribution >= 4 is 5.84 Å². The molecule has 3 heteroatoms. The van der Waals surface area contributed by atoms with Crippen molar-refractivity contribution in [3.05, 3.63) is 12.7 Å². The van der Waals surface area contributed by atoms with Crippen LogP contribution >= 0.6 is 0 Å². The van der Waals surface area contributed by atoms with Crippen LogP contribution in [0, 0.1) is 5.41 Å². The molecule has 0 rings (SSSR count). The number of hydrogen-bond donors (Lipinski definition) is 3. The van der Waals surface area contributed by atoms with Crippen molar-refractivity contribution in [2.75, 3.05) is 13.1 Å². The lowest BCUT2D eigenvalue weighted by Crippen LogP contribution is -2.27. The third-order valence-corrected chi connectivity index (χ3v) is 0.604. The molecule has 0 unspecified atom stereocenters. The Balaban J connectivity index is 2.93. The zero-order valence-electron chi connectivity index (χ0n) is 4.78. The molecule has 0 spiro atoms. The summed E-state index contributed by atoms with van der Waals surface area (Å²) in [5, 5.41) is 9.62. The molecule has 0 heterocycles. The third-order valence-electron chi connectivity index (χ3n) is 0.604. The van der Waals surface area contributed by atoms with Crippen molar-refractivity contribution in [2.24, 2.45) is 5.73 Å². The summed E-state index contributed by atoms with van der Waals surface area (Å²) >= 11 is 0. The van der Waals surface area contributed by atoms with Crippen molar-refractivity contribution in [1.82, 2.24) is 5.32 Å². The fraction of sp³-hybridized carbons (Fsp3) is 0.400. The van der Waals surface area contributed by atoms with Crippen LogP contribution in [0.2, 0.25) is 0 Å². The largest absolute Gasteiger partial charge is 0.387 e. The second-order valence-corrected chi connectivity index (χ2v) is 1.44. The van der Waals surface area contributed by atoms with Gasteiger partial charge in [0.1, 0.15) is 5.84 Å². The van der Waals surface area contributed by atoms with Gasteiger partial charge in [0.25, 0.3) is 0 Å². The van der Waals surface area contributed by atoms with Gasteiger partial charge < -0.3 is 11.1 Å². The van der Waals surface area contributed by atoms with Crippen LogP contribution in [0.3, 0.4) is 0 Å². The number of rotatable bonds is 4. The van der Waals surface area contributed by atoms with E-state index in [9.17, 15) is 0 Å². The Morgan fingerprint density at radius 2 is 2.50 bits per heavy atom. The minimum absolute atomic E-state index is 0.159. The smallest absolute Gasteiger partial charge is 0.105 e. The molecular formula is C5H11N3. The normalized spacial score (nSPS) is 8.50. The molecule has 0 saturated heterocycles. The van der Waals surface area contributed by atoms with E-state index in [0.29, 0.717) is 13.1 Å². The molecule has 0 amide bonds. The molecule has 0 bridgehead atoms. The lowest BCUT2D eigenvalue weighted by molar-refractivity contribution is 0.858. The molecule has 3 nitrogen and oxygen atoms in total. The minimum atomic E-state index is 0.159. The molecular weight excluding hydrogens is 102 g/mol. The van der Waals surface area contributed by atoms with E-state index in [-0.39, 0.29) is 5.84 Å². The first kappa shape index (κ1) is 7.17. The maximum Gasteiger partial charge on any atom is 0.105 e. The Bertz CT molecular complexity index is 87.7. The number of nitrogens with one attached hydrogen (secondary N) is 2. The minimum Gasteiger partial charge on any atom is -0.387 e. The van der Waals surface area contributed by atoms with Crippen molar-refractivity contribution in [3.8, 4) is 0 Å². The van der Waals surface area contributed by atoms with Crippen LogP contribution < -0.4 is 11.1 Å². The van der Waals surface area contributed by atoms with E-state index in [1.807, 2.05) is 0 Å².